The number of hydrogen-bond acceptors (Lipinski definition) is 2. The molecule has 0 aliphatic carbocycles. The molecule has 4 heteroatoms. The van der Waals surface area contributed by atoms with E-state index in [1.807, 2.05) is 0 Å². The zero-order chi connectivity index (χ0) is 13.3. The van der Waals surface area contributed by atoms with Crippen molar-refractivity contribution in [1.29, 1.82) is 0 Å². The fraction of sp³-hybridized carbons (Fsp3) is 1.00. The van der Waals surface area contributed by atoms with Gasteiger partial charge in [-0.1, -0.05) is 38.5 Å². The van der Waals surface area contributed by atoms with E-state index in [-0.39, 0.29) is 18.3 Å². The SMILES string of the molecule is CC1(C)OB(CCCC[Si](C)(C)C)OC1(C)C. The van der Waals surface area contributed by atoms with Crippen molar-refractivity contribution < 1.29 is 9.31 Å². The first kappa shape index (κ1) is 15.3. The van der Waals surface area contributed by atoms with Gasteiger partial charge in [0.1, 0.15) is 0 Å². The predicted molar refractivity (Wildman–Crippen MR) is 78.3 cm³/mol. The molecule has 1 aliphatic heterocycles. The predicted octanol–water partition coefficient (Wildman–Crippen LogP) is 4.20. The maximum absolute atomic E-state index is 5.99. The summed E-state index contributed by atoms with van der Waals surface area (Å²) in [7, 11) is -0.871. The third-order valence-electron chi connectivity index (χ3n) is 3.92. The fourth-order valence-electron chi connectivity index (χ4n) is 2.05. The Hall–Kier alpha value is 0.202. The molecular formula is C13H29BO2Si. The zero-order valence-electron chi connectivity index (χ0n) is 12.7. The van der Waals surface area contributed by atoms with Crippen molar-refractivity contribution in [2.75, 3.05) is 0 Å². The molecule has 2 nitrogen and oxygen atoms in total. The lowest BCUT2D eigenvalue weighted by Gasteiger charge is -2.32. The van der Waals surface area contributed by atoms with Gasteiger partial charge < -0.3 is 9.31 Å². The molecule has 0 aromatic carbocycles. The second kappa shape index (κ2) is 5.06. The fourth-order valence-corrected chi connectivity index (χ4v) is 3.36. The minimum Gasteiger partial charge on any atom is -0.403 e. The van der Waals surface area contributed by atoms with Crippen LogP contribution in [0, 0.1) is 0 Å². The van der Waals surface area contributed by atoms with Gasteiger partial charge in [-0.2, -0.15) is 0 Å². The highest BCUT2D eigenvalue weighted by atomic mass is 28.3. The van der Waals surface area contributed by atoms with Gasteiger partial charge in [-0.05, 0) is 34.0 Å². The van der Waals surface area contributed by atoms with Gasteiger partial charge in [0, 0.05) is 8.07 Å². The Morgan fingerprint density at radius 3 is 1.76 bits per heavy atom. The second-order valence-corrected chi connectivity index (χ2v) is 13.1. The van der Waals surface area contributed by atoms with Crippen LogP contribution in [0.1, 0.15) is 40.5 Å². The van der Waals surface area contributed by atoms with E-state index in [0.717, 1.165) is 6.32 Å². The van der Waals surface area contributed by atoms with E-state index in [4.69, 9.17) is 9.31 Å². The Labute approximate surface area is 109 Å². The van der Waals surface area contributed by atoms with Gasteiger partial charge in [0.15, 0.2) is 0 Å². The van der Waals surface area contributed by atoms with Gasteiger partial charge in [0.05, 0.1) is 11.2 Å². The molecule has 0 atom stereocenters. The van der Waals surface area contributed by atoms with Gasteiger partial charge in [0.2, 0.25) is 0 Å². The average Bonchev–Trinajstić information content (AvgIpc) is 2.28. The van der Waals surface area contributed by atoms with Crippen LogP contribution in [0.25, 0.3) is 0 Å². The van der Waals surface area contributed by atoms with E-state index in [1.54, 1.807) is 0 Å². The first-order valence-electron chi connectivity index (χ1n) is 6.89. The molecular weight excluding hydrogens is 227 g/mol. The Morgan fingerprint density at radius 2 is 1.35 bits per heavy atom. The minimum atomic E-state index is -0.872. The van der Waals surface area contributed by atoms with Crippen molar-refractivity contribution in [3.8, 4) is 0 Å². The number of unbranched alkanes of at least 4 members (excludes halogenated alkanes) is 1. The third-order valence-corrected chi connectivity index (χ3v) is 5.77. The lowest BCUT2D eigenvalue weighted by Crippen LogP contribution is -2.41. The maximum Gasteiger partial charge on any atom is 0.457 e. The molecule has 1 rings (SSSR count). The molecule has 0 spiro atoms. The Balaban J connectivity index is 2.27. The summed E-state index contributed by atoms with van der Waals surface area (Å²) in [6, 6.07) is 1.41. The van der Waals surface area contributed by atoms with Crippen LogP contribution in [0.5, 0.6) is 0 Å². The highest BCUT2D eigenvalue weighted by molar-refractivity contribution is 6.76. The summed E-state index contributed by atoms with van der Waals surface area (Å²) in [6.45, 7) is 15.8. The summed E-state index contributed by atoms with van der Waals surface area (Å²) >= 11 is 0. The van der Waals surface area contributed by atoms with E-state index in [9.17, 15) is 0 Å². The molecule has 0 N–H and O–H groups in total. The Bertz CT molecular complexity index is 243. The minimum absolute atomic E-state index is 0.00151. The maximum atomic E-state index is 5.99. The quantitative estimate of drug-likeness (QED) is 0.542. The molecule has 0 radical (unpaired) electrons. The summed E-state index contributed by atoms with van der Waals surface area (Å²) in [4.78, 5) is 0. The van der Waals surface area contributed by atoms with E-state index in [0.29, 0.717) is 0 Å². The van der Waals surface area contributed by atoms with Gasteiger partial charge in [0.25, 0.3) is 0 Å². The van der Waals surface area contributed by atoms with Crippen molar-refractivity contribution in [2.45, 2.75) is 83.7 Å². The monoisotopic (exact) mass is 256 g/mol. The van der Waals surface area contributed by atoms with Crippen LogP contribution in [-0.4, -0.2) is 26.4 Å². The molecule has 17 heavy (non-hydrogen) atoms. The molecule has 1 aliphatic rings. The summed E-state index contributed by atoms with van der Waals surface area (Å²) in [6.07, 6.45) is 3.58. The van der Waals surface area contributed by atoms with E-state index in [2.05, 4.69) is 47.3 Å². The molecule has 0 aromatic rings. The third kappa shape index (κ3) is 4.42. The van der Waals surface area contributed by atoms with Crippen LogP contribution in [0.2, 0.25) is 32.0 Å². The van der Waals surface area contributed by atoms with Gasteiger partial charge in [-0.15, -0.1) is 0 Å². The molecule has 0 unspecified atom stereocenters. The van der Waals surface area contributed by atoms with Crippen LogP contribution in [-0.2, 0) is 9.31 Å². The molecule has 1 heterocycles. The lowest BCUT2D eigenvalue weighted by molar-refractivity contribution is 0.00578. The lowest BCUT2D eigenvalue weighted by atomic mass is 9.82. The average molecular weight is 256 g/mol. The van der Waals surface area contributed by atoms with Crippen molar-refractivity contribution in [3.63, 3.8) is 0 Å². The van der Waals surface area contributed by atoms with Gasteiger partial charge in [-0.3, -0.25) is 0 Å². The molecule has 0 aromatic heterocycles. The second-order valence-electron chi connectivity index (χ2n) is 7.49. The first-order valence-corrected chi connectivity index (χ1v) is 10.6. The molecule has 1 saturated heterocycles. The summed E-state index contributed by atoms with van der Waals surface area (Å²) < 4.78 is 12.0. The number of rotatable bonds is 5. The molecule has 0 bridgehead atoms. The Morgan fingerprint density at radius 1 is 0.882 bits per heavy atom. The topological polar surface area (TPSA) is 18.5 Å². The highest BCUT2D eigenvalue weighted by Crippen LogP contribution is 2.38. The van der Waals surface area contributed by atoms with Crippen molar-refractivity contribution in [1.82, 2.24) is 0 Å². The van der Waals surface area contributed by atoms with Crippen LogP contribution >= 0.6 is 0 Å². The van der Waals surface area contributed by atoms with Crippen LogP contribution in [0.4, 0.5) is 0 Å². The smallest absolute Gasteiger partial charge is 0.403 e. The Kier molecular flexibility index (Phi) is 4.54. The van der Waals surface area contributed by atoms with Crippen molar-refractivity contribution in [2.24, 2.45) is 0 Å². The van der Waals surface area contributed by atoms with Crippen molar-refractivity contribution in [3.05, 3.63) is 0 Å². The highest BCUT2D eigenvalue weighted by Gasteiger charge is 2.50. The summed E-state index contributed by atoms with van der Waals surface area (Å²) in [5.74, 6) is 0. The van der Waals surface area contributed by atoms with E-state index < -0.39 is 8.07 Å². The standard InChI is InChI=1S/C13H29BO2Si/c1-12(2)13(3,4)16-14(15-12)10-8-9-11-17(5,6)7/h8-11H2,1-7H3. The van der Waals surface area contributed by atoms with Crippen LogP contribution in [0.3, 0.4) is 0 Å². The number of hydrogen-bond donors (Lipinski definition) is 0. The van der Waals surface area contributed by atoms with Crippen LogP contribution in [0.15, 0.2) is 0 Å². The zero-order valence-corrected chi connectivity index (χ0v) is 13.7. The summed E-state index contributed by atoms with van der Waals surface area (Å²) in [5.41, 5.74) is -0.340. The van der Waals surface area contributed by atoms with Gasteiger partial charge in [-0.25, -0.2) is 0 Å². The first-order chi connectivity index (χ1) is 7.54. The van der Waals surface area contributed by atoms with Gasteiger partial charge >= 0.3 is 7.12 Å². The molecule has 100 valence electrons. The molecule has 0 saturated carbocycles. The van der Waals surface area contributed by atoms with E-state index >= 15 is 0 Å². The largest absolute Gasteiger partial charge is 0.457 e. The molecule has 1 fully saturated rings. The summed E-state index contributed by atoms with van der Waals surface area (Å²) in [5, 5.41) is 0. The van der Waals surface area contributed by atoms with E-state index in [1.165, 1.54) is 18.9 Å². The van der Waals surface area contributed by atoms with Crippen molar-refractivity contribution >= 4 is 15.2 Å². The molecule has 0 amide bonds. The normalized spacial score (nSPS) is 23.1. The van der Waals surface area contributed by atoms with Crippen LogP contribution < -0.4 is 0 Å².